The molecule has 2 N–H and O–H groups in total. The minimum absolute atomic E-state index is 0.109. The summed E-state index contributed by atoms with van der Waals surface area (Å²) >= 11 is 3.22. The average molecular weight is 337 g/mol. The molecular formula is C15H14BrFN2O. The third kappa shape index (κ3) is 4.06. The lowest BCUT2D eigenvalue weighted by Gasteiger charge is -2.09. The fraction of sp³-hybridized carbons (Fsp3) is 0.133. The number of nitrogens with one attached hydrogen (secondary N) is 2. The van der Waals surface area contributed by atoms with Gasteiger partial charge in [-0.1, -0.05) is 22.0 Å². The van der Waals surface area contributed by atoms with E-state index in [0.29, 0.717) is 12.1 Å². The summed E-state index contributed by atoms with van der Waals surface area (Å²) in [6.07, 6.45) is 0. The lowest BCUT2D eigenvalue weighted by Crippen LogP contribution is -2.06. The zero-order valence-electron chi connectivity index (χ0n) is 10.9. The van der Waals surface area contributed by atoms with Crippen molar-refractivity contribution in [3.8, 4) is 0 Å². The highest BCUT2D eigenvalue weighted by atomic mass is 79.9. The molecule has 0 bridgehead atoms. The highest BCUT2D eigenvalue weighted by Gasteiger charge is 2.03. The van der Waals surface area contributed by atoms with E-state index in [2.05, 4.69) is 26.6 Å². The van der Waals surface area contributed by atoms with Gasteiger partial charge in [0, 0.05) is 34.9 Å². The number of carbonyl (C=O) groups is 1. The number of anilines is 2. The fourth-order valence-electron chi connectivity index (χ4n) is 1.74. The maximum Gasteiger partial charge on any atom is 0.221 e. The highest BCUT2D eigenvalue weighted by Crippen LogP contribution is 2.18. The number of hydrogen-bond acceptors (Lipinski definition) is 2. The number of rotatable bonds is 4. The van der Waals surface area contributed by atoms with Gasteiger partial charge in [-0.3, -0.25) is 4.79 Å². The molecular weight excluding hydrogens is 323 g/mol. The van der Waals surface area contributed by atoms with Crippen molar-refractivity contribution < 1.29 is 9.18 Å². The van der Waals surface area contributed by atoms with Crippen LogP contribution in [0, 0.1) is 5.82 Å². The monoisotopic (exact) mass is 336 g/mol. The van der Waals surface area contributed by atoms with E-state index in [1.807, 2.05) is 12.1 Å². The SMILES string of the molecule is CC(=O)Nc1ccc(NCc2ccc(Br)cc2F)cc1. The summed E-state index contributed by atoms with van der Waals surface area (Å²) in [6, 6.07) is 12.2. The van der Waals surface area contributed by atoms with Crippen LogP contribution in [0.1, 0.15) is 12.5 Å². The van der Waals surface area contributed by atoms with Crippen molar-refractivity contribution in [3.63, 3.8) is 0 Å². The molecule has 0 aliphatic rings. The molecule has 2 aromatic rings. The van der Waals surface area contributed by atoms with E-state index >= 15 is 0 Å². The molecule has 20 heavy (non-hydrogen) atoms. The van der Waals surface area contributed by atoms with Crippen LogP contribution < -0.4 is 10.6 Å². The summed E-state index contributed by atoms with van der Waals surface area (Å²) in [5.41, 5.74) is 2.19. The molecule has 3 nitrogen and oxygen atoms in total. The second kappa shape index (κ2) is 6.52. The number of carbonyl (C=O) groups excluding carboxylic acids is 1. The lowest BCUT2D eigenvalue weighted by molar-refractivity contribution is -0.114. The van der Waals surface area contributed by atoms with E-state index in [4.69, 9.17) is 0 Å². The Morgan fingerprint density at radius 1 is 1.15 bits per heavy atom. The van der Waals surface area contributed by atoms with Crippen LogP contribution in [-0.4, -0.2) is 5.91 Å². The van der Waals surface area contributed by atoms with Gasteiger partial charge in [0.2, 0.25) is 5.91 Å². The molecule has 0 spiro atoms. The van der Waals surface area contributed by atoms with Crippen LogP contribution in [0.5, 0.6) is 0 Å². The van der Waals surface area contributed by atoms with Crippen molar-refractivity contribution in [1.82, 2.24) is 0 Å². The van der Waals surface area contributed by atoms with Crippen molar-refractivity contribution in [2.24, 2.45) is 0 Å². The average Bonchev–Trinajstić information content (AvgIpc) is 2.39. The number of benzene rings is 2. The molecule has 1 amide bonds. The first kappa shape index (κ1) is 14.5. The van der Waals surface area contributed by atoms with Crippen molar-refractivity contribution >= 4 is 33.2 Å². The van der Waals surface area contributed by atoms with Gasteiger partial charge in [-0.2, -0.15) is 0 Å². The summed E-state index contributed by atoms with van der Waals surface area (Å²) in [6.45, 7) is 1.86. The standard InChI is InChI=1S/C15H14BrFN2O/c1-10(20)19-14-6-4-13(5-7-14)18-9-11-2-3-12(16)8-15(11)17/h2-8,18H,9H2,1H3,(H,19,20). The Kier molecular flexibility index (Phi) is 4.74. The van der Waals surface area contributed by atoms with Crippen LogP contribution in [0.2, 0.25) is 0 Å². The smallest absolute Gasteiger partial charge is 0.221 e. The molecule has 0 radical (unpaired) electrons. The Labute approximate surface area is 125 Å². The van der Waals surface area contributed by atoms with Crippen LogP contribution in [0.25, 0.3) is 0 Å². The first-order valence-electron chi connectivity index (χ1n) is 6.10. The predicted molar refractivity (Wildman–Crippen MR) is 82.2 cm³/mol. The molecule has 0 saturated carbocycles. The third-order valence-corrected chi connectivity index (χ3v) is 3.20. The van der Waals surface area contributed by atoms with E-state index in [1.165, 1.54) is 13.0 Å². The molecule has 2 rings (SSSR count). The quantitative estimate of drug-likeness (QED) is 0.880. The first-order chi connectivity index (χ1) is 9.54. The van der Waals surface area contributed by atoms with Crippen molar-refractivity contribution in [2.45, 2.75) is 13.5 Å². The van der Waals surface area contributed by atoms with Gasteiger partial charge in [0.05, 0.1) is 0 Å². The van der Waals surface area contributed by atoms with Gasteiger partial charge < -0.3 is 10.6 Å². The van der Waals surface area contributed by atoms with E-state index in [9.17, 15) is 9.18 Å². The van der Waals surface area contributed by atoms with Crippen molar-refractivity contribution in [1.29, 1.82) is 0 Å². The van der Waals surface area contributed by atoms with E-state index in [1.54, 1.807) is 24.3 Å². The zero-order chi connectivity index (χ0) is 14.5. The second-order valence-electron chi connectivity index (χ2n) is 4.35. The summed E-state index contributed by atoms with van der Waals surface area (Å²) in [4.78, 5) is 10.9. The van der Waals surface area contributed by atoms with Crippen LogP contribution in [-0.2, 0) is 11.3 Å². The van der Waals surface area contributed by atoms with Gasteiger partial charge in [-0.25, -0.2) is 4.39 Å². The normalized spacial score (nSPS) is 10.2. The molecule has 0 aliphatic carbocycles. The molecule has 0 aromatic heterocycles. The summed E-state index contributed by atoms with van der Waals surface area (Å²) in [5, 5.41) is 5.82. The van der Waals surface area contributed by atoms with Gasteiger partial charge in [0.25, 0.3) is 0 Å². The lowest BCUT2D eigenvalue weighted by atomic mass is 10.2. The van der Waals surface area contributed by atoms with Crippen molar-refractivity contribution in [3.05, 3.63) is 58.3 Å². The second-order valence-corrected chi connectivity index (χ2v) is 5.26. The third-order valence-electron chi connectivity index (χ3n) is 2.70. The summed E-state index contributed by atoms with van der Waals surface area (Å²) in [7, 11) is 0. The minimum atomic E-state index is -0.248. The molecule has 0 heterocycles. The topological polar surface area (TPSA) is 41.1 Å². The van der Waals surface area contributed by atoms with E-state index in [-0.39, 0.29) is 11.7 Å². The van der Waals surface area contributed by atoms with Crippen molar-refractivity contribution in [2.75, 3.05) is 10.6 Å². The molecule has 0 atom stereocenters. The van der Waals surface area contributed by atoms with Gasteiger partial charge >= 0.3 is 0 Å². The molecule has 0 aliphatic heterocycles. The fourth-order valence-corrected chi connectivity index (χ4v) is 2.07. The van der Waals surface area contributed by atoms with Gasteiger partial charge in [0.1, 0.15) is 5.82 Å². The Bertz CT molecular complexity index is 614. The van der Waals surface area contributed by atoms with Crippen LogP contribution in [0.15, 0.2) is 46.9 Å². The molecule has 2 aromatic carbocycles. The molecule has 0 fully saturated rings. The van der Waals surface area contributed by atoms with E-state index in [0.717, 1.165) is 15.8 Å². The molecule has 5 heteroatoms. The van der Waals surface area contributed by atoms with Gasteiger partial charge in [-0.05, 0) is 36.4 Å². The number of amides is 1. The summed E-state index contributed by atoms with van der Waals surface area (Å²) < 4.78 is 14.4. The Balaban J connectivity index is 1.98. The Morgan fingerprint density at radius 2 is 1.80 bits per heavy atom. The zero-order valence-corrected chi connectivity index (χ0v) is 12.5. The number of hydrogen-bond donors (Lipinski definition) is 2. The number of halogens is 2. The van der Waals surface area contributed by atoms with Crippen LogP contribution in [0.3, 0.4) is 0 Å². The van der Waals surface area contributed by atoms with Gasteiger partial charge in [0.15, 0.2) is 0 Å². The minimum Gasteiger partial charge on any atom is -0.381 e. The van der Waals surface area contributed by atoms with Crippen LogP contribution in [0.4, 0.5) is 15.8 Å². The highest BCUT2D eigenvalue weighted by molar-refractivity contribution is 9.10. The van der Waals surface area contributed by atoms with E-state index < -0.39 is 0 Å². The maximum absolute atomic E-state index is 13.6. The summed E-state index contributed by atoms with van der Waals surface area (Å²) in [5.74, 6) is -0.357. The predicted octanol–water partition coefficient (Wildman–Crippen LogP) is 4.16. The molecule has 0 unspecified atom stereocenters. The largest absolute Gasteiger partial charge is 0.381 e. The Morgan fingerprint density at radius 3 is 2.40 bits per heavy atom. The van der Waals surface area contributed by atoms with Crippen LogP contribution >= 0.6 is 15.9 Å². The molecule has 0 saturated heterocycles. The first-order valence-corrected chi connectivity index (χ1v) is 6.89. The molecule has 104 valence electrons. The maximum atomic E-state index is 13.6. The Hall–Kier alpha value is -1.88. The van der Waals surface area contributed by atoms with Gasteiger partial charge in [-0.15, -0.1) is 0 Å².